The largest absolute Gasteiger partial charge is 0.491 e. The van der Waals surface area contributed by atoms with Crippen LogP contribution in [0, 0.1) is 5.82 Å². The van der Waals surface area contributed by atoms with Crippen molar-refractivity contribution in [2.45, 2.75) is 12.5 Å². The lowest BCUT2D eigenvalue weighted by Crippen LogP contribution is -2.38. The number of rotatable bonds is 7. The van der Waals surface area contributed by atoms with Gasteiger partial charge in [0, 0.05) is 25.2 Å². The second kappa shape index (κ2) is 10.2. The average molecular weight is 407 g/mol. The number of ether oxygens (including phenoxy) is 1. The number of nitrogens with zero attached hydrogens (tertiary/aromatic N) is 1. The van der Waals surface area contributed by atoms with Gasteiger partial charge in [0.25, 0.3) is 0 Å². The summed E-state index contributed by atoms with van der Waals surface area (Å²) in [5, 5.41) is 10.2. The number of aliphatic hydroxyl groups is 1. The Hall–Kier alpha value is -2.41. The van der Waals surface area contributed by atoms with Gasteiger partial charge in [-0.1, -0.05) is 18.2 Å². The fourth-order valence-corrected chi connectivity index (χ4v) is 3.06. The Bertz CT molecular complexity index is 809. The number of amides is 1. The summed E-state index contributed by atoms with van der Waals surface area (Å²) >= 11 is 0. The number of carbonyl (C=O) groups excluding carboxylic acids is 1. The number of aliphatic hydroxyl groups excluding tert-OH is 1. The molecule has 7 heteroatoms. The summed E-state index contributed by atoms with van der Waals surface area (Å²) < 4.78 is 18.6. The molecule has 1 atom stereocenters. The second-order valence-electron chi connectivity index (χ2n) is 6.60. The lowest BCUT2D eigenvalue weighted by atomic mass is 9.99. The zero-order chi connectivity index (χ0) is 19.2. The smallest absolute Gasteiger partial charge is 0.248 e. The summed E-state index contributed by atoms with van der Waals surface area (Å²) in [5.74, 6) is -0.139. The molecule has 1 aliphatic rings. The Balaban J connectivity index is 0.00000280. The first-order valence-corrected chi connectivity index (χ1v) is 8.89. The Morgan fingerprint density at radius 1 is 1.18 bits per heavy atom. The van der Waals surface area contributed by atoms with Gasteiger partial charge >= 0.3 is 0 Å². The second-order valence-corrected chi connectivity index (χ2v) is 6.60. The highest BCUT2D eigenvalue weighted by Crippen LogP contribution is 2.22. The minimum absolute atomic E-state index is 0. The summed E-state index contributed by atoms with van der Waals surface area (Å²) in [5.41, 5.74) is 7.86. The SMILES string of the molecule is Cl.NC(=O)c1ccc(OCC(O)CN2CC=C(c3ccc(F)cc3)CC2)cc1. The number of halogens is 2. The van der Waals surface area contributed by atoms with Crippen molar-refractivity contribution in [3.63, 3.8) is 0 Å². The lowest BCUT2D eigenvalue weighted by Gasteiger charge is -2.28. The van der Waals surface area contributed by atoms with E-state index in [9.17, 15) is 14.3 Å². The van der Waals surface area contributed by atoms with Crippen molar-refractivity contribution in [3.8, 4) is 5.75 Å². The summed E-state index contributed by atoms with van der Waals surface area (Å²) in [7, 11) is 0. The third-order valence-electron chi connectivity index (χ3n) is 4.56. The van der Waals surface area contributed by atoms with Gasteiger partial charge in [-0.3, -0.25) is 9.69 Å². The molecule has 0 saturated heterocycles. The van der Waals surface area contributed by atoms with E-state index in [0.29, 0.717) is 17.9 Å². The van der Waals surface area contributed by atoms with E-state index >= 15 is 0 Å². The van der Waals surface area contributed by atoms with Gasteiger partial charge in [-0.2, -0.15) is 0 Å². The van der Waals surface area contributed by atoms with Crippen LogP contribution in [-0.2, 0) is 0 Å². The first kappa shape index (κ1) is 21.9. The Morgan fingerprint density at radius 3 is 2.43 bits per heavy atom. The molecule has 3 rings (SSSR count). The maximum absolute atomic E-state index is 13.0. The average Bonchev–Trinajstić information content (AvgIpc) is 2.68. The summed E-state index contributed by atoms with van der Waals surface area (Å²) in [6.45, 7) is 2.23. The number of nitrogens with two attached hydrogens (primary N) is 1. The van der Waals surface area contributed by atoms with Crippen molar-refractivity contribution in [1.29, 1.82) is 0 Å². The fourth-order valence-electron chi connectivity index (χ4n) is 3.06. The normalized spacial score (nSPS) is 15.3. The Labute approximate surface area is 170 Å². The van der Waals surface area contributed by atoms with Crippen molar-refractivity contribution in [2.75, 3.05) is 26.2 Å². The van der Waals surface area contributed by atoms with Gasteiger partial charge in [0.05, 0.1) is 0 Å². The standard InChI is InChI=1S/C21H23FN2O3.ClH/c22-18-5-1-15(2-6-18)16-9-11-24(12-10-16)13-19(25)14-27-20-7-3-17(4-8-20)21(23)26;/h1-9,19,25H,10-14H2,(H2,23,26);1H. The molecule has 0 aromatic heterocycles. The maximum Gasteiger partial charge on any atom is 0.248 e. The number of hydrogen-bond acceptors (Lipinski definition) is 4. The maximum atomic E-state index is 13.0. The highest BCUT2D eigenvalue weighted by molar-refractivity contribution is 5.92. The van der Waals surface area contributed by atoms with E-state index in [4.69, 9.17) is 10.5 Å². The minimum Gasteiger partial charge on any atom is -0.491 e. The van der Waals surface area contributed by atoms with Crippen LogP contribution in [0.5, 0.6) is 5.75 Å². The molecular formula is C21H24ClFN2O3. The highest BCUT2D eigenvalue weighted by atomic mass is 35.5. The van der Waals surface area contributed by atoms with Crippen LogP contribution in [0.25, 0.3) is 5.57 Å². The van der Waals surface area contributed by atoms with Crippen molar-refractivity contribution in [3.05, 3.63) is 71.6 Å². The quantitative estimate of drug-likeness (QED) is 0.741. The molecule has 1 heterocycles. The van der Waals surface area contributed by atoms with Crippen LogP contribution in [0.3, 0.4) is 0 Å². The van der Waals surface area contributed by atoms with E-state index in [1.165, 1.54) is 17.7 Å². The van der Waals surface area contributed by atoms with E-state index in [-0.39, 0.29) is 24.8 Å². The molecule has 0 bridgehead atoms. The van der Waals surface area contributed by atoms with Crippen molar-refractivity contribution in [2.24, 2.45) is 5.73 Å². The van der Waals surface area contributed by atoms with Crippen LogP contribution >= 0.6 is 12.4 Å². The zero-order valence-corrected chi connectivity index (χ0v) is 16.2. The van der Waals surface area contributed by atoms with E-state index in [0.717, 1.165) is 25.1 Å². The monoisotopic (exact) mass is 406 g/mol. The van der Waals surface area contributed by atoms with Gasteiger partial charge in [0.2, 0.25) is 5.91 Å². The predicted octanol–water partition coefficient (Wildman–Crippen LogP) is 2.88. The van der Waals surface area contributed by atoms with Gasteiger partial charge in [0.1, 0.15) is 24.3 Å². The highest BCUT2D eigenvalue weighted by Gasteiger charge is 2.16. The van der Waals surface area contributed by atoms with E-state index in [1.807, 2.05) is 0 Å². The molecule has 2 aromatic rings. The first-order valence-electron chi connectivity index (χ1n) is 8.89. The lowest BCUT2D eigenvalue weighted by molar-refractivity contribution is 0.0716. The van der Waals surface area contributed by atoms with Crippen LogP contribution in [0.4, 0.5) is 4.39 Å². The number of carbonyl (C=O) groups is 1. The summed E-state index contributed by atoms with van der Waals surface area (Å²) in [6, 6.07) is 13.0. The Kier molecular flexibility index (Phi) is 7.99. The molecule has 0 aliphatic carbocycles. The first-order chi connectivity index (χ1) is 13.0. The number of hydrogen-bond donors (Lipinski definition) is 2. The predicted molar refractivity (Wildman–Crippen MR) is 109 cm³/mol. The molecular weight excluding hydrogens is 383 g/mol. The van der Waals surface area contributed by atoms with Crippen LogP contribution in [-0.4, -0.2) is 48.3 Å². The summed E-state index contributed by atoms with van der Waals surface area (Å²) in [6.07, 6.45) is 2.35. The van der Waals surface area contributed by atoms with Crippen LogP contribution in [0.1, 0.15) is 22.3 Å². The van der Waals surface area contributed by atoms with E-state index in [1.54, 1.807) is 36.4 Å². The van der Waals surface area contributed by atoms with Crippen LogP contribution < -0.4 is 10.5 Å². The number of primary amides is 1. The van der Waals surface area contributed by atoms with Crippen LogP contribution in [0.15, 0.2) is 54.6 Å². The molecule has 5 nitrogen and oxygen atoms in total. The third kappa shape index (κ3) is 6.05. The fraction of sp³-hybridized carbons (Fsp3) is 0.286. The minimum atomic E-state index is -0.624. The third-order valence-corrected chi connectivity index (χ3v) is 4.56. The van der Waals surface area contributed by atoms with Gasteiger partial charge in [-0.05, 0) is 54.0 Å². The molecule has 1 aliphatic heterocycles. The number of benzene rings is 2. The molecule has 1 unspecified atom stereocenters. The molecule has 0 fully saturated rings. The van der Waals surface area contributed by atoms with Crippen molar-refractivity contribution in [1.82, 2.24) is 4.90 Å². The molecule has 1 amide bonds. The molecule has 0 radical (unpaired) electrons. The Morgan fingerprint density at radius 2 is 1.86 bits per heavy atom. The molecule has 0 saturated carbocycles. The molecule has 3 N–H and O–H groups in total. The van der Waals surface area contributed by atoms with E-state index < -0.39 is 12.0 Å². The van der Waals surface area contributed by atoms with E-state index in [2.05, 4.69) is 11.0 Å². The topological polar surface area (TPSA) is 75.8 Å². The van der Waals surface area contributed by atoms with Crippen molar-refractivity contribution >= 4 is 23.9 Å². The van der Waals surface area contributed by atoms with Crippen LogP contribution in [0.2, 0.25) is 0 Å². The van der Waals surface area contributed by atoms with Gasteiger partial charge in [0.15, 0.2) is 0 Å². The van der Waals surface area contributed by atoms with Gasteiger partial charge < -0.3 is 15.6 Å². The van der Waals surface area contributed by atoms with Crippen molar-refractivity contribution < 1.29 is 19.0 Å². The van der Waals surface area contributed by atoms with Gasteiger partial charge in [-0.25, -0.2) is 4.39 Å². The molecule has 2 aromatic carbocycles. The molecule has 28 heavy (non-hydrogen) atoms. The number of β-amino-alcohol motifs (C(OH)–C–C–N with tert-alkyl or cyclic N) is 1. The molecule has 0 spiro atoms. The van der Waals surface area contributed by atoms with Gasteiger partial charge in [-0.15, -0.1) is 12.4 Å². The summed E-state index contributed by atoms with van der Waals surface area (Å²) in [4.78, 5) is 13.2. The zero-order valence-electron chi connectivity index (χ0n) is 15.4. The molecule has 150 valence electrons.